The smallest absolute Gasteiger partial charge is 0.0577 e. The van der Waals surface area contributed by atoms with Crippen LogP contribution in [0.3, 0.4) is 0 Å². The maximum Gasteiger partial charge on any atom is 0.0577 e. The number of aliphatic hydroxyl groups excluding tert-OH is 1. The van der Waals surface area contributed by atoms with Gasteiger partial charge in [0, 0.05) is 0 Å². The zero-order valence-electron chi connectivity index (χ0n) is 14.8. The minimum atomic E-state index is -0.0688. The third-order valence-corrected chi connectivity index (χ3v) is 8.77. The largest absolute Gasteiger partial charge is 0.393 e. The van der Waals surface area contributed by atoms with Crippen LogP contribution in [0.5, 0.6) is 0 Å². The van der Waals surface area contributed by atoms with Crippen LogP contribution in [0.25, 0.3) is 0 Å². The number of allylic oxidation sites excluding steroid dienone is 1. The van der Waals surface area contributed by atoms with Crippen LogP contribution in [-0.4, -0.2) is 11.2 Å². The Morgan fingerprint density at radius 3 is 2.68 bits per heavy atom. The van der Waals surface area contributed by atoms with E-state index < -0.39 is 0 Å². The minimum absolute atomic E-state index is 0.0688. The fraction of sp³-hybridized carbons (Fsp3) is 0.905. The fourth-order valence-electron chi connectivity index (χ4n) is 7.42. The highest BCUT2D eigenvalue weighted by atomic mass is 16.3. The van der Waals surface area contributed by atoms with E-state index in [4.69, 9.17) is 0 Å². The molecule has 5 unspecified atom stereocenters. The van der Waals surface area contributed by atoms with Crippen molar-refractivity contribution in [2.45, 2.75) is 84.7 Å². The highest BCUT2D eigenvalue weighted by Gasteiger charge is 2.57. The van der Waals surface area contributed by atoms with E-state index in [0.29, 0.717) is 10.8 Å². The summed E-state index contributed by atoms with van der Waals surface area (Å²) in [4.78, 5) is 0. The predicted octanol–water partition coefficient (Wildman–Crippen LogP) is 5.34. The molecule has 0 aromatic rings. The Labute approximate surface area is 136 Å². The SMILES string of the molecule is CCC1CCC2C3CC=C4C[C@@H](O)CC[C@]4(C)C3CCC12C. The van der Waals surface area contributed by atoms with Crippen LogP contribution in [0.15, 0.2) is 11.6 Å². The van der Waals surface area contributed by atoms with Crippen molar-refractivity contribution in [3.8, 4) is 0 Å². The molecule has 3 saturated carbocycles. The first-order chi connectivity index (χ1) is 10.5. The van der Waals surface area contributed by atoms with Gasteiger partial charge in [0.2, 0.25) is 0 Å². The maximum atomic E-state index is 10.1. The van der Waals surface area contributed by atoms with Gasteiger partial charge in [0.1, 0.15) is 0 Å². The summed E-state index contributed by atoms with van der Waals surface area (Å²) < 4.78 is 0. The van der Waals surface area contributed by atoms with Gasteiger partial charge in [0.25, 0.3) is 0 Å². The van der Waals surface area contributed by atoms with Crippen molar-refractivity contribution in [3.63, 3.8) is 0 Å². The summed E-state index contributed by atoms with van der Waals surface area (Å²) in [6, 6.07) is 0. The van der Waals surface area contributed by atoms with Crippen LogP contribution < -0.4 is 0 Å². The normalized spacial score (nSPS) is 54.2. The second kappa shape index (κ2) is 5.10. The van der Waals surface area contributed by atoms with Crippen molar-refractivity contribution >= 4 is 0 Å². The Morgan fingerprint density at radius 1 is 1.09 bits per heavy atom. The van der Waals surface area contributed by atoms with Crippen LogP contribution >= 0.6 is 0 Å². The Bertz CT molecular complexity index is 480. The van der Waals surface area contributed by atoms with Gasteiger partial charge in [-0.15, -0.1) is 0 Å². The van der Waals surface area contributed by atoms with Gasteiger partial charge < -0.3 is 5.11 Å². The first-order valence-electron chi connectivity index (χ1n) is 9.86. The lowest BCUT2D eigenvalue weighted by molar-refractivity contribution is -0.0500. The van der Waals surface area contributed by atoms with Crippen molar-refractivity contribution in [2.24, 2.45) is 34.5 Å². The molecule has 7 atom stereocenters. The Balaban J connectivity index is 1.66. The molecule has 0 aliphatic heterocycles. The van der Waals surface area contributed by atoms with Crippen molar-refractivity contribution in [3.05, 3.63) is 11.6 Å². The van der Waals surface area contributed by atoms with Crippen LogP contribution in [0.4, 0.5) is 0 Å². The van der Waals surface area contributed by atoms with Gasteiger partial charge in [0.05, 0.1) is 6.10 Å². The van der Waals surface area contributed by atoms with Crippen molar-refractivity contribution in [2.75, 3.05) is 0 Å². The molecule has 3 fully saturated rings. The van der Waals surface area contributed by atoms with Crippen LogP contribution in [0.1, 0.15) is 78.6 Å². The molecule has 0 saturated heterocycles. The summed E-state index contributed by atoms with van der Waals surface area (Å²) in [5.41, 5.74) is 2.65. The lowest BCUT2D eigenvalue weighted by atomic mass is 9.47. The summed E-state index contributed by atoms with van der Waals surface area (Å²) in [5, 5.41) is 10.1. The van der Waals surface area contributed by atoms with Crippen LogP contribution in [0.2, 0.25) is 0 Å². The zero-order valence-corrected chi connectivity index (χ0v) is 14.8. The second-order valence-corrected chi connectivity index (χ2v) is 9.38. The Kier molecular flexibility index (Phi) is 3.53. The van der Waals surface area contributed by atoms with Crippen molar-refractivity contribution < 1.29 is 5.11 Å². The van der Waals surface area contributed by atoms with Gasteiger partial charge in [-0.05, 0) is 85.9 Å². The van der Waals surface area contributed by atoms with Gasteiger partial charge in [-0.25, -0.2) is 0 Å². The molecule has 0 spiro atoms. The van der Waals surface area contributed by atoms with E-state index in [9.17, 15) is 5.11 Å². The summed E-state index contributed by atoms with van der Waals surface area (Å²) in [6.45, 7) is 7.57. The molecule has 1 nitrogen and oxygen atoms in total. The average molecular weight is 303 g/mol. The quantitative estimate of drug-likeness (QED) is 0.648. The molecule has 1 heteroatoms. The standard InChI is InChI=1S/C21H34O/c1-4-14-6-8-18-17-7-5-15-13-16(22)9-11-21(15,3)19(17)10-12-20(14,18)2/h5,14,16-19,22H,4,6-13H2,1-3H3/t14?,16-,17?,18?,19?,20?,21-/m0/s1. The summed E-state index contributed by atoms with van der Waals surface area (Å²) in [7, 11) is 0. The Morgan fingerprint density at radius 2 is 1.91 bits per heavy atom. The molecule has 4 aliphatic carbocycles. The third-order valence-electron chi connectivity index (χ3n) is 8.77. The molecular weight excluding hydrogens is 268 g/mol. The van der Waals surface area contributed by atoms with Gasteiger partial charge in [-0.2, -0.15) is 0 Å². The van der Waals surface area contributed by atoms with Gasteiger partial charge in [-0.3, -0.25) is 0 Å². The molecule has 22 heavy (non-hydrogen) atoms. The van der Waals surface area contributed by atoms with E-state index >= 15 is 0 Å². The Hall–Kier alpha value is -0.300. The van der Waals surface area contributed by atoms with Gasteiger partial charge >= 0.3 is 0 Å². The molecule has 4 rings (SSSR count). The third kappa shape index (κ3) is 1.93. The van der Waals surface area contributed by atoms with Crippen molar-refractivity contribution in [1.29, 1.82) is 0 Å². The molecule has 0 heterocycles. The fourth-order valence-corrected chi connectivity index (χ4v) is 7.42. The van der Waals surface area contributed by atoms with Gasteiger partial charge in [-0.1, -0.05) is 38.8 Å². The number of hydrogen-bond acceptors (Lipinski definition) is 1. The van der Waals surface area contributed by atoms with E-state index in [-0.39, 0.29) is 6.10 Å². The number of hydrogen-bond donors (Lipinski definition) is 1. The van der Waals surface area contributed by atoms with Gasteiger partial charge in [0.15, 0.2) is 0 Å². The predicted molar refractivity (Wildman–Crippen MR) is 91.5 cm³/mol. The first-order valence-corrected chi connectivity index (χ1v) is 9.86. The monoisotopic (exact) mass is 302 g/mol. The highest BCUT2D eigenvalue weighted by molar-refractivity contribution is 5.25. The second-order valence-electron chi connectivity index (χ2n) is 9.38. The summed E-state index contributed by atoms with van der Waals surface area (Å²) >= 11 is 0. The summed E-state index contributed by atoms with van der Waals surface area (Å²) in [5.74, 6) is 3.77. The topological polar surface area (TPSA) is 20.2 Å². The molecule has 0 aromatic heterocycles. The molecule has 0 amide bonds. The zero-order chi connectivity index (χ0) is 15.5. The van der Waals surface area contributed by atoms with E-state index in [1.807, 2.05) is 0 Å². The number of rotatable bonds is 1. The molecule has 0 aromatic carbocycles. The molecule has 124 valence electrons. The highest BCUT2D eigenvalue weighted by Crippen LogP contribution is 2.66. The summed E-state index contributed by atoms with van der Waals surface area (Å²) in [6.07, 6.45) is 14.3. The molecule has 0 radical (unpaired) electrons. The first kappa shape index (κ1) is 15.2. The van der Waals surface area contributed by atoms with E-state index in [1.54, 1.807) is 5.57 Å². The van der Waals surface area contributed by atoms with Crippen LogP contribution in [-0.2, 0) is 0 Å². The van der Waals surface area contributed by atoms with E-state index in [0.717, 1.165) is 36.5 Å². The minimum Gasteiger partial charge on any atom is -0.393 e. The molecule has 0 bridgehead atoms. The molecule has 4 aliphatic rings. The number of aliphatic hydroxyl groups is 1. The van der Waals surface area contributed by atoms with Crippen LogP contribution in [0, 0.1) is 34.5 Å². The lowest BCUT2D eigenvalue weighted by Crippen LogP contribution is -2.50. The molecule has 1 N–H and O–H groups in total. The van der Waals surface area contributed by atoms with E-state index in [2.05, 4.69) is 26.8 Å². The number of fused-ring (bicyclic) bond motifs is 5. The average Bonchev–Trinajstić information content (AvgIpc) is 2.84. The van der Waals surface area contributed by atoms with Crippen molar-refractivity contribution in [1.82, 2.24) is 0 Å². The lowest BCUT2D eigenvalue weighted by Gasteiger charge is -2.58. The maximum absolute atomic E-state index is 10.1. The molecular formula is C21H34O. The van der Waals surface area contributed by atoms with E-state index in [1.165, 1.54) is 44.9 Å².